The number of esters is 1. The van der Waals surface area contributed by atoms with Crippen molar-refractivity contribution in [3.05, 3.63) is 39.2 Å². The van der Waals surface area contributed by atoms with Gasteiger partial charge in [-0.05, 0) is 19.4 Å². The van der Waals surface area contributed by atoms with Crippen LogP contribution < -0.4 is 0 Å². The first-order chi connectivity index (χ1) is 7.95. The van der Waals surface area contributed by atoms with E-state index in [0.717, 1.165) is 6.07 Å². The number of halogens is 1. The molecule has 92 valence electrons. The molecule has 0 amide bonds. The molecule has 0 bridgehead atoms. The normalized spacial score (nSPS) is 10.1. The van der Waals surface area contributed by atoms with Gasteiger partial charge < -0.3 is 4.74 Å². The van der Waals surface area contributed by atoms with Gasteiger partial charge in [-0.2, -0.15) is 0 Å². The van der Waals surface area contributed by atoms with Crippen LogP contribution in [-0.2, 0) is 16.0 Å². The zero-order valence-corrected chi connectivity index (χ0v) is 9.53. The highest BCUT2D eigenvalue weighted by Gasteiger charge is 2.17. The molecule has 0 radical (unpaired) electrons. The number of ether oxygens (including phenoxy) is 1. The van der Waals surface area contributed by atoms with Gasteiger partial charge in [-0.15, -0.1) is 0 Å². The number of hydrogen-bond donors (Lipinski definition) is 0. The van der Waals surface area contributed by atoms with Gasteiger partial charge in [-0.25, -0.2) is 4.39 Å². The summed E-state index contributed by atoms with van der Waals surface area (Å²) in [7, 11) is 0. The number of nitrogens with zero attached hydrogens (tertiary/aromatic N) is 1. The van der Waals surface area contributed by atoms with E-state index in [0.29, 0.717) is 5.56 Å². The number of hydrogen-bond acceptors (Lipinski definition) is 4. The first-order valence-corrected chi connectivity index (χ1v) is 5.04. The van der Waals surface area contributed by atoms with E-state index in [1.807, 2.05) is 0 Å². The highest BCUT2D eigenvalue weighted by atomic mass is 19.1. The number of carbonyl (C=O) groups excluding carboxylic acids is 1. The molecule has 0 N–H and O–H groups in total. The monoisotopic (exact) mass is 241 g/mol. The molecule has 0 saturated heterocycles. The lowest BCUT2D eigenvalue weighted by atomic mass is 10.0. The second-order valence-corrected chi connectivity index (χ2v) is 3.46. The summed E-state index contributed by atoms with van der Waals surface area (Å²) in [5.41, 5.74) is 0.173. The highest BCUT2D eigenvalue weighted by Crippen LogP contribution is 2.21. The van der Waals surface area contributed by atoms with Gasteiger partial charge >= 0.3 is 5.97 Å². The largest absolute Gasteiger partial charge is 0.466 e. The van der Waals surface area contributed by atoms with E-state index in [1.54, 1.807) is 6.92 Å². The average molecular weight is 241 g/mol. The summed E-state index contributed by atoms with van der Waals surface area (Å²) < 4.78 is 18.3. The van der Waals surface area contributed by atoms with Gasteiger partial charge in [0.2, 0.25) is 0 Å². The lowest BCUT2D eigenvalue weighted by Crippen LogP contribution is -2.10. The number of carbonyl (C=O) groups is 1. The van der Waals surface area contributed by atoms with E-state index in [4.69, 9.17) is 4.74 Å². The Morgan fingerprint density at radius 3 is 2.65 bits per heavy atom. The number of nitro benzene ring substituents is 1. The molecular weight excluding hydrogens is 229 g/mol. The van der Waals surface area contributed by atoms with Crippen molar-refractivity contribution in [3.63, 3.8) is 0 Å². The van der Waals surface area contributed by atoms with Crippen molar-refractivity contribution < 1.29 is 18.8 Å². The Labute approximate surface area is 97.3 Å². The first-order valence-electron chi connectivity index (χ1n) is 5.04. The standard InChI is InChI=1S/C11H12FNO4/c1-3-17-11(14)6-9-7(2)4-8(13(15)16)5-10(9)12/h4-5H,3,6H2,1-2H3. The fourth-order valence-electron chi connectivity index (χ4n) is 1.44. The average Bonchev–Trinajstić information content (AvgIpc) is 2.23. The fourth-order valence-corrected chi connectivity index (χ4v) is 1.44. The second kappa shape index (κ2) is 5.38. The predicted molar refractivity (Wildman–Crippen MR) is 58.1 cm³/mol. The van der Waals surface area contributed by atoms with Crippen LogP contribution in [0.15, 0.2) is 12.1 Å². The van der Waals surface area contributed by atoms with Gasteiger partial charge in [0, 0.05) is 11.6 Å². The molecule has 0 fully saturated rings. The minimum Gasteiger partial charge on any atom is -0.466 e. The fraction of sp³-hybridized carbons (Fsp3) is 0.364. The maximum atomic E-state index is 13.6. The molecule has 0 unspecified atom stereocenters. The molecule has 6 heteroatoms. The molecule has 1 aromatic rings. The Hall–Kier alpha value is -1.98. The van der Waals surface area contributed by atoms with Crippen LogP contribution in [0.5, 0.6) is 0 Å². The van der Waals surface area contributed by atoms with E-state index < -0.39 is 16.7 Å². The lowest BCUT2D eigenvalue weighted by molar-refractivity contribution is -0.385. The van der Waals surface area contributed by atoms with Crippen molar-refractivity contribution in [1.82, 2.24) is 0 Å². The molecule has 0 aliphatic rings. The van der Waals surface area contributed by atoms with Crippen LogP contribution >= 0.6 is 0 Å². The Morgan fingerprint density at radius 2 is 2.18 bits per heavy atom. The predicted octanol–water partition coefficient (Wildman–Crippen LogP) is 2.15. The number of rotatable bonds is 4. The van der Waals surface area contributed by atoms with Gasteiger partial charge in [0.05, 0.1) is 24.0 Å². The zero-order chi connectivity index (χ0) is 13.0. The molecule has 0 heterocycles. The summed E-state index contributed by atoms with van der Waals surface area (Å²) in [6.45, 7) is 3.38. The first kappa shape index (κ1) is 13.1. The second-order valence-electron chi connectivity index (χ2n) is 3.46. The van der Waals surface area contributed by atoms with Crippen LogP contribution in [0, 0.1) is 22.9 Å². The van der Waals surface area contributed by atoms with Crippen LogP contribution in [0.25, 0.3) is 0 Å². The Morgan fingerprint density at radius 1 is 1.53 bits per heavy atom. The zero-order valence-electron chi connectivity index (χ0n) is 9.53. The molecular formula is C11H12FNO4. The molecule has 0 atom stereocenters. The van der Waals surface area contributed by atoms with Crippen LogP contribution in [0.1, 0.15) is 18.1 Å². The highest BCUT2D eigenvalue weighted by molar-refractivity contribution is 5.73. The Kier molecular flexibility index (Phi) is 4.14. The Balaban J connectivity index is 3.01. The molecule has 17 heavy (non-hydrogen) atoms. The van der Waals surface area contributed by atoms with Gasteiger partial charge in [0.15, 0.2) is 0 Å². The van der Waals surface area contributed by atoms with Crippen LogP contribution in [0.4, 0.5) is 10.1 Å². The summed E-state index contributed by atoms with van der Waals surface area (Å²) in [5.74, 6) is -1.31. The summed E-state index contributed by atoms with van der Waals surface area (Å²) in [4.78, 5) is 21.0. The third-order valence-corrected chi connectivity index (χ3v) is 2.24. The van der Waals surface area contributed by atoms with Gasteiger partial charge in [-0.3, -0.25) is 14.9 Å². The van der Waals surface area contributed by atoms with Gasteiger partial charge in [-0.1, -0.05) is 0 Å². The SMILES string of the molecule is CCOC(=O)Cc1c(C)cc([N+](=O)[O-])cc1F. The Bertz CT molecular complexity index is 436. The maximum absolute atomic E-state index is 13.6. The molecule has 1 rings (SSSR count). The van der Waals surface area contributed by atoms with Gasteiger partial charge in [0.25, 0.3) is 5.69 Å². The van der Waals surface area contributed by atoms with Crippen LogP contribution in [0.2, 0.25) is 0 Å². The topological polar surface area (TPSA) is 69.4 Å². The van der Waals surface area contributed by atoms with Crippen molar-refractivity contribution in [2.24, 2.45) is 0 Å². The smallest absolute Gasteiger partial charge is 0.310 e. The summed E-state index contributed by atoms with van der Waals surface area (Å²) in [6.07, 6.45) is -0.219. The molecule has 0 aromatic heterocycles. The van der Waals surface area contributed by atoms with E-state index in [1.165, 1.54) is 13.0 Å². The molecule has 5 nitrogen and oxygen atoms in total. The molecule has 0 aliphatic carbocycles. The van der Waals surface area contributed by atoms with Crippen molar-refractivity contribution >= 4 is 11.7 Å². The van der Waals surface area contributed by atoms with Crippen molar-refractivity contribution in [2.75, 3.05) is 6.61 Å². The minimum absolute atomic E-state index is 0.133. The van der Waals surface area contributed by atoms with E-state index >= 15 is 0 Å². The van der Waals surface area contributed by atoms with E-state index in [-0.39, 0.29) is 24.3 Å². The summed E-state index contributed by atoms with van der Waals surface area (Å²) in [6, 6.07) is 2.04. The van der Waals surface area contributed by atoms with Crippen LogP contribution in [0.3, 0.4) is 0 Å². The summed E-state index contributed by atoms with van der Waals surface area (Å²) in [5, 5.41) is 10.5. The number of benzene rings is 1. The maximum Gasteiger partial charge on any atom is 0.310 e. The number of non-ortho nitro benzene ring substituents is 1. The number of nitro groups is 1. The molecule has 0 aliphatic heterocycles. The third-order valence-electron chi connectivity index (χ3n) is 2.24. The van der Waals surface area contributed by atoms with Crippen molar-refractivity contribution in [2.45, 2.75) is 20.3 Å². The van der Waals surface area contributed by atoms with E-state index in [9.17, 15) is 19.3 Å². The number of aryl methyl sites for hydroxylation is 1. The minimum atomic E-state index is -0.759. The van der Waals surface area contributed by atoms with Crippen LogP contribution in [-0.4, -0.2) is 17.5 Å². The molecule has 0 saturated carbocycles. The van der Waals surface area contributed by atoms with Gasteiger partial charge in [0.1, 0.15) is 5.82 Å². The molecule has 1 aromatic carbocycles. The molecule has 0 spiro atoms. The third kappa shape index (κ3) is 3.24. The van der Waals surface area contributed by atoms with E-state index in [2.05, 4.69) is 0 Å². The lowest BCUT2D eigenvalue weighted by Gasteiger charge is -2.06. The van der Waals surface area contributed by atoms with Crippen molar-refractivity contribution in [1.29, 1.82) is 0 Å². The quantitative estimate of drug-likeness (QED) is 0.460. The van der Waals surface area contributed by atoms with Crippen molar-refractivity contribution in [3.8, 4) is 0 Å². The summed E-state index contributed by atoms with van der Waals surface area (Å²) >= 11 is 0.